The fourth-order valence-electron chi connectivity index (χ4n) is 1.62. The molecule has 4 nitrogen and oxygen atoms in total. The molecule has 1 aliphatic rings. The van der Waals surface area contributed by atoms with Crippen LogP contribution in [-0.2, 0) is 10.0 Å². The Morgan fingerprint density at radius 1 is 1.28 bits per heavy atom. The zero-order valence-corrected chi connectivity index (χ0v) is 10.8. The Labute approximate surface area is 107 Å². The van der Waals surface area contributed by atoms with Gasteiger partial charge in [-0.1, -0.05) is 30.4 Å². The van der Waals surface area contributed by atoms with Gasteiger partial charge >= 0.3 is 0 Å². The number of nitrogens with one attached hydrogen (secondary N) is 1. The quantitative estimate of drug-likeness (QED) is 0.878. The van der Waals surface area contributed by atoms with Gasteiger partial charge in [0.05, 0.1) is 10.5 Å². The predicted molar refractivity (Wildman–Crippen MR) is 71.4 cm³/mol. The second-order valence-electron chi connectivity index (χ2n) is 4.47. The summed E-state index contributed by atoms with van der Waals surface area (Å²) in [5.74, 6) is 0. The molecule has 0 spiro atoms. The van der Waals surface area contributed by atoms with E-state index in [0.717, 1.165) is 0 Å². The minimum atomic E-state index is -3.57. The molecule has 2 N–H and O–H groups in total. The maximum atomic E-state index is 12.1. The average molecular weight is 265 g/mol. The molecule has 5 heteroatoms. The van der Waals surface area contributed by atoms with E-state index in [1.807, 2.05) is 6.07 Å². The van der Waals surface area contributed by atoms with Crippen LogP contribution >= 0.6 is 0 Å². The first-order valence-electron chi connectivity index (χ1n) is 5.59. The van der Waals surface area contributed by atoms with Crippen LogP contribution in [0.3, 0.4) is 0 Å². The van der Waals surface area contributed by atoms with Crippen molar-refractivity contribution in [2.75, 3.05) is 4.72 Å². The van der Waals surface area contributed by atoms with Crippen molar-refractivity contribution in [3.63, 3.8) is 0 Å². The Balaban J connectivity index is 2.19. The highest BCUT2D eigenvalue weighted by Gasteiger charge is 2.24. The van der Waals surface area contributed by atoms with Crippen LogP contribution < -0.4 is 4.72 Å². The van der Waals surface area contributed by atoms with Gasteiger partial charge in [0, 0.05) is 5.69 Å². The number of allylic oxidation sites excluding steroid dienone is 1. The lowest BCUT2D eigenvalue weighted by Gasteiger charge is -2.21. The van der Waals surface area contributed by atoms with E-state index < -0.39 is 15.6 Å². The number of hydrogen-bond acceptors (Lipinski definition) is 3. The molecule has 0 aromatic heterocycles. The zero-order chi connectivity index (χ0) is 13.2. The molecule has 0 aliphatic heterocycles. The summed E-state index contributed by atoms with van der Waals surface area (Å²) < 4.78 is 26.6. The number of anilines is 1. The van der Waals surface area contributed by atoms with Gasteiger partial charge in [-0.05, 0) is 31.6 Å². The minimum Gasteiger partial charge on any atom is -0.386 e. The van der Waals surface area contributed by atoms with Gasteiger partial charge in [-0.15, -0.1) is 0 Å². The predicted octanol–water partition coefficient (Wildman–Crippen LogP) is 2.02. The SMILES string of the molecule is CC1(O)C=CC(S(=O)(=O)Nc2ccccc2)=CC1. The van der Waals surface area contributed by atoms with Gasteiger partial charge in [-0.2, -0.15) is 0 Å². The molecule has 2 rings (SSSR count). The molecule has 0 saturated heterocycles. The van der Waals surface area contributed by atoms with Crippen LogP contribution in [0.25, 0.3) is 0 Å². The normalized spacial score (nSPS) is 23.6. The Morgan fingerprint density at radius 2 is 1.94 bits per heavy atom. The van der Waals surface area contributed by atoms with E-state index in [9.17, 15) is 13.5 Å². The minimum absolute atomic E-state index is 0.179. The largest absolute Gasteiger partial charge is 0.386 e. The highest BCUT2D eigenvalue weighted by atomic mass is 32.2. The summed E-state index contributed by atoms with van der Waals surface area (Å²) in [5.41, 5.74) is -0.449. The third-order valence-electron chi connectivity index (χ3n) is 2.66. The molecule has 0 amide bonds. The molecular formula is C13H15NO3S. The lowest BCUT2D eigenvalue weighted by Crippen LogP contribution is -2.24. The molecule has 0 saturated carbocycles. The topological polar surface area (TPSA) is 66.4 Å². The first-order valence-corrected chi connectivity index (χ1v) is 7.07. The molecule has 1 atom stereocenters. The highest BCUT2D eigenvalue weighted by molar-refractivity contribution is 7.96. The van der Waals surface area contributed by atoms with E-state index in [1.54, 1.807) is 31.2 Å². The van der Waals surface area contributed by atoms with Gasteiger partial charge in [-0.3, -0.25) is 4.72 Å². The Morgan fingerprint density at radius 3 is 2.50 bits per heavy atom. The van der Waals surface area contributed by atoms with Crippen molar-refractivity contribution >= 4 is 15.7 Å². The summed E-state index contributed by atoms with van der Waals surface area (Å²) in [6.45, 7) is 1.63. The molecule has 1 aliphatic carbocycles. The molecule has 1 aromatic carbocycles. The monoisotopic (exact) mass is 265 g/mol. The van der Waals surface area contributed by atoms with E-state index in [2.05, 4.69) is 4.72 Å². The number of rotatable bonds is 3. The molecule has 0 bridgehead atoms. The Kier molecular flexibility index (Phi) is 3.28. The number of hydrogen-bond donors (Lipinski definition) is 2. The molecule has 18 heavy (non-hydrogen) atoms. The molecular weight excluding hydrogens is 250 g/mol. The van der Waals surface area contributed by atoms with Crippen LogP contribution in [0.5, 0.6) is 0 Å². The van der Waals surface area contributed by atoms with E-state index in [0.29, 0.717) is 5.69 Å². The third-order valence-corrected chi connectivity index (χ3v) is 4.09. The lowest BCUT2D eigenvalue weighted by molar-refractivity contribution is 0.114. The van der Waals surface area contributed by atoms with E-state index in [4.69, 9.17) is 0 Å². The zero-order valence-electron chi connectivity index (χ0n) is 10.00. The van der Waals surface area contributed by atoms with Crippen LogP contribution in [0.15, 0.2) is 53.5 Å². The summed E-state index contributed by atoms with van der Waals surface area (Å²) in [6.07, 6.45) is 4.72. The van der Waals surface area contributed by atoms with Crippen molar-refractivity contribution in [1.29, 1.82) is 0 Å². The summed E-state index contributed by atoms with van der Waals surface area (Å²) in [5, 5.41) is 9.70. The summed E-state index contributed by atoms with van der Waals surface area (Å²) >= 11 is 0. The van der Waals surface area contributed by atoms with E-state index >= 15 is 0 Å². The third kappa shape index (κ3) is 3.00. The summed E-state index contributed by atoms with van der Waals surface area (Å²) in [7, 11) is -3.57. The van der Waals surface area contributed by atoms with Gasteiger partial charge in [0.15, 0.2) is 0 Å². The number of para-hydroxylation sites is 1. The summed E-state index contributed by atoms with van der Waals surface area (Å²) in [6, 6.07) is 8.69. The number of aliphatic hydroxyl groups is 1. The molecule has 1 aromatic rings. The first kappa shape index (κ1) is 12.9. The van der Waals surface area contributed by atoms with E-state index in [-0.39, 0.29) is 11.3 Å². The fraction of sp³-hybridized carbons (Fsp3) is 0.231. The summed E-state index contributed by atoms with van der Waals surface area (Å²) in [4.78, 5) is 0.179. The molecule has 1 unspecified atom stereocenters. The van der Waals surface area contributed by atoms with Crippen LogP contribution in [0.1, 0.15) is 13.3 Å². The van der Waals surface area contributed by atoms with Crippen molar-refractivity contribution < 1.29 is 13.5 Å². The van der Waals surface area contributed by atoms with Gasteiger partial charge in [-0.25, -0.2) is 8.42 Å². The van der Waals surface area contributed by atoms with Crippen molar-refractivity contribution in [2.45, 2.75) is 18.9 Å². The maximum absolute atomic E-state index is 12.1. The molecule has 0 radical (unpaired) electrons. The van der Waals surface area contributed by atoms with Gasteiger partial charge < -0.3 is 5.11 Å². The highest BCUT2D eigenvalue weighted by Crippen LogP contribution is 2.24. The van der Waals surface area contributed by atoms with Crippen molar-refractivity contribution in [1.82, 2.24) is 0 Å². The standard InChI is InChI=1S/C13H15NO3S/c1-13(15)9-7-12(8-10-13)18(16,17)14-11-5-3-2-4-6-11/h2-9,14-15H,10H2,1H3. The van der Waals surface area contributed by atoms with Gasteiger partial charge in [0.25, 0.3) is 10.0 Å². The molecule has 96 valence electrons. The first-order chi connectivity index (χ1) is 8.39. The van der Waals surface area contributed by atoms with Gasteiger partial charge in [0.1, 0.15) is 0 Å². The number of sulfonamides is 1. The van der Waals surface area contributed by atoms with Gasteiger partial charge in [0.2, 0.25) is 0 Å². The molecule has 0 heterocycles. The smallest absolute Gasteiger partial charge is 0.261 e. The second-order valence-corrected chi connectivity index (χ2v) is 6.16. The van der Waals surface area contributed by atoms with Crippen LogP contribution in [0, 0.1) is 0 Å². The van der Waals surface area contributed by atoms with Crippen LogP contribution in [-0.4, -0.2) is 19.1 Å². The second kappa shape index (κ2) is 4.59. The van der Waals surface area contributed by atoms with Crippen LogP contribution in [0.2, 0.25) is 0 Å². The average Bonchev–Trinajstić information content (AvgIpc) is 2.29. The van der Waals surface area contributed by atoms with Crippen molar-refractivity contribution in [3.05, 3.63) is 53.5 Å². The van der Waals surface area contributed by atoms with Crippen LogP contribution in [0.4, 0.5) is 5.69 Å². The lowest BCUT2D eigenvalue weighted by atomic mass is 9.98. The maximum Gasteiger partial charge on any atom is 0.261 e. The number of benzene rings is 1. The van der Waals surface area contributed by atoms with E-state index in [1.165, 1.54) is 18.2 Å². The Bertz CT molecular complexity index is 586. The molecule has 0 fully saturated rings. The Hall–Kier alpha value is -1.59. The van der Waals surface area contributed by atoms with Crippen molar-refractivity contribution in [3.8, 4) is 0 Å². The van der Waals surface area contributed by atoms with Crippen molar-refractivity contribution in [2.24, 2.45) is 0 Å². The fourth-order valence-corrected chi connectivity index (χ4v) is 2.74.